The lowest BCUT2D eigenvalue weighted by Gasteiger charge is -2.11. The van der Waals surface area contributed by atoms with Crippen molar-refractivity contribution in [1.29, 1.82) is 0 Å². The Bertz CT molecular complexity index is 1140. The molecule has 2 heterocycles. The largest absolute Gasteiger partial charge is 0.352 e. The molecule has 0 bridgehead atoms. The average Bonchev–Trinajstić information content (AvgIpc) is 3.05. The zero-order chi connectivity index (χ0) is 18.1. The van der Waals surface area contributed by atoms with E-state index in [-0.39, 0.29) is 5.56 Å². The summed E-state index contributed by atoms with van der Waals surface area (Å²) in [5.41, 5.74) is 4.31. The quantitative estimate of drug-likeness (QED) is 0.473. The van der Waals surface area contributed by atoms with E-state index in [1.807, 2.05) is 60.8 Å². The molecule has 5 heteroatoms. The minimum atomic E-state index is -0.119. The first-order valence-electron chi connectivity index (χ1n) is 8.34. The normalized spacial score (nSPS) is 11.2. The standard InChI is InChI=1S/C21H16Cl2N2O/c22-16-8-7-13(5-6-14-9-10-24-20(14)23)17(12-16)18-11-15-3-1-2-4-19(15)25-21(18)26/h1-4,7-12,24H,5-6H2,(H,25,26). The van der Waals surface area contributed by atoms with Gasteiger partial charge in [0.05, 0.1) is 0 Å². The maximum absolute atomic E-state index is 12.7. The summed E-state index contributed by atoms with van der Waals surface area (Å²) < 4.78 is 0. The fourth-order valence-electron chi connectivity index (χ4n) is 3.21. The zero-order valence-corrected chi connectivity index (χ0v) is 15.4. The minimum Gasteiger partial charge on any atom is -0.352 e. The van der Waals surface area contributed by atoms with Crippen molar-refractivity contribution < 1.29 is 0 Å². The van der Waals surface area contributed by atoms with Crippen LogP contribution >= 0.6 is 23.2 Å². The van der Waals surface area contributed by atoms with Crippen LogP contribution in [0, 0.1) is 0 Å². The van der Waals surface area contributed by atoms with Crippen molar-refractivity contribution in [2.45, 2.75) is 12.8 Å². The summed E-state index contributed by atoms with van der Waals surface area (Å²) in [4.78, 5) is 18.6. The second-order valence-corrected chi connectivity index (χ2v) is 7.03. The smallest absolute Gasteiger partial charge is 0.256 e. The van der Waals surface area contributed by atoms with E-state index < -0.39 is 0 Å². The number of pyridine rings is 1. The van der Waals surface area contributed by atoms with Crippen LogP contribution in [-0.4, -0.2) is 9.97 Å². The number of aryl methyl sites for hydroxylation is 2. The Balaban J connectivity index is 1.78. The lowest BCUT2D eigenvalue weighted by atomic mass is 9.95. The van der Waals surface area contributed by atoms with Crippen LogP contribution in [0.4, 0.5) is 0 Å². The van der Waals surface area contributed by atoms with E-state index in [4.69, 9.17) is 23.2 Å². The van der Waals surface area contributed by atoms with Crippen LogP contribution in [0.15, 0.2) is 65.6 Å². The highest BCUT2D eigenvalue weighted by atomic mass is 35.5. The van der Waals surface area contributed by atoms with Gasteiger partial charge in [-0.1, -0.05) is 47.5 Å². The Labute approximate surface area is 160 Å². The van der Waals surface area contributed by atoms with Crippen molar-refractivity contribution in [3.8, 4) is 11.1 Å². The molecule has 2 N–H and O–H groups in total. The molecule has 4 rings (SSSR count). The summed E-state index contributed by atoms with van der Waals surface area (Å²) in [7, 11) is 0. The molecule has 2 aromatic heterocycles. The molecule has 0 aliphatic heterocycles. The first-order valence-corrected chi connectivity index (χ1v) is 9.10. The van der Waals surface area contributed by atoms with Crippen LogP contribution in [0.5, 0.6) is 0 Å². The molecule has 26 heavy (non-hydrogen) atoms. The number of aromatic amines is 2. The Kier molecular flexibility index (Phi) is 4.58. The van der Waals surface area contributed by atoms with Crippen molar-refractivity contribution in [3.63, 3.8) is 0 Å². The molecule has 0 fully saturated rings. The maximum atomic E-state index is 12.7. The predicted octanol–water partition coefficient (Wildman–Crippen LogP) is 5.62. The molecule has 0 saturated heterocycles. The van der Waals surface area contributed by atoms with Gasteiger partial charge < -0.3 is 9.97 Å². The number of hydrogen-bond acceptors (Lipinski definition) is 1. The third-order valence-electron chi connectivity index (χ3n) is 4.56. The SMILES string of the molecule is O=c1[nH]c2ccccc2cc1-c1cc(Cl)ccc1CCc1cc[nH]c1Cl. The Morgan fingerprint density at radius 3 is 2.46 bits per heavy atom. The van der Waals surface area contributed by atoms with Crippen molar-refractivity contribution in [3.05, 3.63) is 92.5 Å². The number of para-hydroxylation sites is 1. The number of fused-ring (bicyclic) bond motifs is 1. The van der Waals surface area contributed by atoms with E-state index in [1.54, 1.807) is 0 Å². The first kappa shape index (κ1) is 17.0. The number of benzene rings is 2. The molecule has 0 aliphatic rings. The highest BCUT2D eigenvalue weighted by Crippen LogP contribution is 2.28. The molecular formula is C21H16Cl2N2O. The molecule has 0 spiro atoms. The van der Waals surface area contributed by atoms with E-state index in [1.165, 1.54) is 0 Å². The van der Waals surface area contributed by atoms with Gasteiger partial charge in [-0.15, -0.1) is 0 Å². The van der Waals surface area contributed by atoms with E-state index in [2.05, 4.69) is 9.97 Å². The van der Waals surface area contributed by atoms with E-state index in [9.17, 15) is 4.79 Å². The predicted molar refractivity (Wildman–Crippen MR) is 108 cm³/mol. The van der Waals surface area contributed by atoms with E-state index >= 15 is 0 Å². The number of H-pyrrole nitrogens is 2. The number of rotatable bonds is 4. The third kappa shape index (κ3) is 3.28. The van der Waals surface area contributed by atoms with Gasteiger partial charge in [-0.3, -0.25) is 4.79 Å². The van der Waals surface area contributed by atoms with Gasteiger partial charge in [0.15, 0.2) is 0 Å². The summed E-state index contributed by atoms with van der Waals surface area (Å²) in [5, 5.41) is 2.25. The fourth-order valence-corrected chi connectivity index (χ4v) is 3.60. The number of aromatic nitrogens is 2. The first-order chi connectivity index (χ1) is 12.6. The molecule has 0 unspecified atom stereocenters. The summed E-state index contributed by atoms with van der Waals surface area (Å²) >= 11 is 12.4. The average molecular weight is 383 g/mol. The van der Waals surface area contributed by atoms with Gasteiger partial charge >= 0.3 is 0 Å². The molecule has 0 radical (unpaired) electrons. The van der Waals surface area contributed by atoms with Crippen LogP contribution in [0.25, 0.3) is 22.0 Å². The molecule has 0 saturated carbocycles. The molecule has 0 amide bonds. The van der Waals surface area contributed by atoms with Crippen molar-refractivity contribution in [1.82, 2.24) is 9.97 Å². The third-order valence-corrected chi connectivity index (χ3v) is 5.14. The second kappa shape index (κ2) is 7.02. The highest BCUT2D eigenvalue weighted by molar-refractivity contribution is 6.31. The zero-order valence-electron chi connectivity index (χ0n) is 13.9. The topological polar surface area (TPSA) is 48.6 Å². The van der Waals surface area contributed by atoms with Crippen molar-refractivity contribution >= 4 is 34.1 Å². The monoisotopic (exact) mass is 382 g/mol. The molecule has 0 aliphatic carbocycles. The Morgan fingerprint density at radius 2 is 1.65 bits per heavy atom. The van der Waals surface area contributed by atoms with Gasteiger partial charge in [-0.05, 0) is 65.3 Å². The summed E-state index contributed by atoms with van der Waals surface area (Å²) in [6, 6.07) is 17.3. The maximum Gasteiger partial charge on any atom is 0.256 e. The fraction of sp³-hybridized carbons (Fsp3) is 0.0952. The van der Waals surface area contributed by atoms with Crippen molar-refractivity contribution in [2.75, 3.05) is 0 Å². The molecule has 130 valence electrons. The molecular weight excluding hydrogens is 367 g/mol. The van der Waals surface area contributed by atoms with Crippen LogP contribution in [0.3, 0.4) is 0 Å². The number of nitrogens with one attached hydrogen (secondary N) is 2. The van der Waals surface area contributed by atoms with E-state index in [0.29, 0.717) is 15.7 Å². The lowest BCUT2D eigenvalue weighted by Crippen LogP contribution is -2.10. The van der Waals surface area contributed by atoms with Gasteiger partial charge in [0.1, 0.15) is 5.15 Å². The van der Waals surface area contributed by atoms with E-state index in [0.717, 1.165) is 40.4 Å². The number of halogens is 2. The van der Waals surface area contributed by atoms with Crippen LogP contribution in [0.1, 0.15) is 11.1 Å². The Morgan fingerprint density at radius 1 is 0.846 bits per heavy atom. The summed E-state index contributed by atoms with van der Waals surface area (Å²) in [5.74, 6) is 0. The molecule has 0 atom stereocenters. The van der Waals surface area contributed by atoms with Gasteiger partial charge in [0, 0.05) is 22.3 Å². The van der Waals surface area contributed by atoms with Crippen LogP contribution in [-0.2, 0) is 12.8 Å². The Hall–Kier alpha value is -2.49. The van der Waals surface area contributed by atoms with Gasteiger partial charge in [-0.25, -0.2) is 0 Å². The van der Waals surface area contributed by atoms with Gasteiger partial charge in [-0.2, -0.15) is 0 Å². The lowest BCUT2D eigenvalue weighted by molar-refractivity contribution is 0.963. The van der Waals surface area contributed by atoms with Gasteiger partial charge in [0.25, 0.3) is 5.56 Å². The molecule has 4 aromatic rings. The summed E-state index contributed by atoms with van der Waals surface area (Å²) in [6.45, 7) is 0. The summed E-state index contributed by atoms with van der Waals surface area (Å²) in [6.07, 6.45) is 3.37. The van der Waals surface area contributed by atoms with Crippen LogP contribution < -0.4 is 5.56 Å². The molecule has 2 aromatic carbocycles. The van der Waals surface area contributed by atoms with Crippen molar-refractivity contribution in [2.24, 2.45) is 0 Å². The highest BCUT2D eigenvalue weighted by Gasteiger charge is 2.12. The van der Waals surface area contributed by atoms with Gasteiger partial charge in [0.2, 0.25) is 0 Å². The number of hydrogen-bond donors (Lipinski definition) is 2. The van der Waals surface area contributed by atoms with Crippen LogP contribution in [0.2, 0.25) is 10.2 Å². The minimum absolute atomic E-state index is 0.119. The molecule has 3 nitrogen and oxygen atoms in total. The second-order valence-electron chi connectivity index (χ2n) is 6.22.